The van der Waals surface area contributed by atoms with Crippen molar-refractivity contribution in [2.24, 2.45) is 5.73 Å². The van der Waals surface area contributed by atoms with E-state index in [1.807, 2.05) is 24.3 Å². The molecule has 0 atom stereocenters. The first-order chi connectivity index (χ1) is 12.7. The van der Waals surface area contributed by atoms with Gasteiger partial charge in [-0.25, -0.2) is 4.79 Å². The summed E-state index contributed by atoms with van der Waals surface area (Å²) in [5.74, 6) is -0.209. The molecule has 1 fully saturated rings. The fraction of sp³-hybridized carbons (Fsp3) is 0.263. The number of nitrogens with zero attached hydrogens (tertiary/aromatic N) is 1. The number of rotatable bonds is 4. The van der Waals surface area contributed by atoms with Crippen LogP contribution in [0.2, 0.25) is 0 Å². The van der Waals surface area contributed by atoms with Crippen LogP contribution in [0.3, 0.4) is 0 Å². The molecule has 5 N–H and O–H groups in total. The number of piperazine rings is 1. The molecule has 2 aromatic carbocycles. The second-order valence-electron chi connectivity index (χ2n) is 6.10. The quantitative estimate of drug-likeness (QED) is 0.674. The molecule has 0 spiro atoms. The van der Waals surface area contributed by atoms with Crippen LogP contribution in [0, 0.1) is 0 Å². The monoisotopic (exact) mass is 353 g/mol. The third-order valence-electron chi connectivity index (χ3n) is 4.22. The van der Waals surface area contributed by atoms with E-state index in [2.05, 4.69) is 16.0 Å². The summed E-state index contributed by atoms with van der Waals surface area (Å²) in [6.07, 6.45) is 0. The molecular formula is C19H23N5O2. The number of amides is 3. The fourth-order valence-corrected chi connectivity index (χ4v) is 2.75. The SMILES string of the molecule is NCc1cccc(NC(=O)c2ccc(NC(=O)N3CCNCC3)cc2)c1. The number of nitrogens with one attached hydrogen (secondary N) is 3. The topological polar surface area (TPSA) is 99.5 Å². The summed E-state index contributed by atoms with van der Waals surface area (Å²) in [5, 5.41) is 8.91. The Kier molecular flexibility index (Phi) is 5.83. The maximum atomic E-state index is 12.3. The fourth-order valence-electron chi connectivity index (χ4n) is 2.75. The van der Waals surface area contributed by atoms with Crippen molar-refractivity contribution in [3.05, 3.63) is 59.7 Å². The van der Waals surface area contributed by atoms with Gasteiger partial charge in [0.05, 0.1) is 0 Å². The van der Waals surface area contributed by atoms with E-state index in [4.69, 9.17) is 5.73 Å². The molecule has 0 radical (unpaired) electrons. The first-order valence-corrected chi connectivity index (χ1v) is 8.63. The molecule has 1 heterocycles. The Morgan fingerprint density at radius 1 is 1.00 bits per heavy atom. The van der Waals surface area contributed by atoms with E-state index in [1.54, 1.807) is 29.2 Å². The zero-order chi connectivity index (χ0) is 18.4. The zero-order valence-corrected chi connectivity index (χ0v) is 14.5. The summed E-state index contributed by atoms with van der Waals surface area (Å²) in [6.45, 7) is 3.41. The number of carbonyl (C=O) groups excluding carboxylic acids is 2. The van der Waals surface area contributed by atoms with Crippen LogP contribution in [0.4, 0.5) is 16.2 Å². The number of benzene rings is 2. The predicted octanol–water partition coefficient (Wildman–Crippen LogP) is 1.83. The highest BCUT2D eigenvalue weighted by molar-refractivity contribution is 6.04. The van der Waals surface area contributed by atoms with Crippen LogP contribution in [0.15, 0.2) is 48.5 Å². The molecular weight excluding hydrogens is 330 g/mol. The molecule has 3 amide bonds. The lowest BCUT2D eigenvalue weighted by Crippen LogP contribution is -2.48. The van der Waals surface area contributed by atoms with Crippen molar-refractivity contribution in [1.82, 2.24) is 10.2 Å². The number of hydrogen-bond donors (Lipinski definition) is 4. The molecule has 7 nitrogen and oxygen atoms in total. The minimum Gasteiger partial charge on any atom is -0.326 e. The van der Waals surface area contributed by atoms with E-state index < -0.39 is 0 Å². The maximum absolute atomic E-state index is 12.3. The van der Waals surface area contributed by atoms with Gasteiger partial charge in [-0.05, 0) is 42.0 Å². The van der Waals surface area contributed by atoms with Crippen molar-refractivity contribution in [2.45, 2.75) is 6.54 Å². The molecule has 136 valence electrons. The van der Waals surface area contributed by atoms with Crippen molar-refractivity contribution >= 4 is 23.3 Å². The van der Waals surface area contributed by atoms with Gasteiger partial charge in [0.2, 0.25) is 0 Å². The van der Waals surface area contributed by atoms with Crippen LogP contribution in [-0.4, -0.2) is 43.0 Å². The van der Waals surface area contributed by atoms with Crippen LogP contribution in [0.25, 0.3) is 0 Å². The molecule has 2 aromatic rings. The number of carbonyl (C=O) groups is 2. The maximum Gasteiger partial charge on any atom is 0.321 e. The summed E-state index contributed by atoms with van der Waals surface area (Å²) in [5.41, 5.74) is 8.45. The summed E-state index contributed by atoms with van der Waals surface area (Å²) < 4.78 is 0. The number of nitrogens with two attached hydrogens (primary N) is 1. The standard InChI is InChI=1S/C19H23N5O2/c20-13-14-2-1-3-17(12-14)22-18(25)15-4-6-16(7-5-15)23-19(26)24-10-8-21-9-11-24/h1-7,12,21H,8-11,13,20H2,(H,22,25)(H,23,26). The second kappa shape index (κ2) is 8.46. The van der Waals surface area contributed by atoms with Gasteiger partial charge < -0.3 is 26.6 Å². The number of anilines is 2. The van der Waals surface area contributed by atoms with Crippen LogP contribution in [0.1, 0.15) is 15.9 Å². The highest BCUT2D eigenvalue weighted by atomic mass is 16.2. The molecule has 7 heteroatoms. The molecule has 0 saturated carbocycles. The van der Waals surface area contributed by atoms with Gasteiger partial charge in [-0.2, -0.15) is 0 Å². The van der Waals surface area contributed by atoms with E-state index in [-0.39, 0.29) is 11.9 Å². The first-order valence-electron chi connectivity index (χ1n) is 8.63. The van der Waals surface area contributed by atoms with E-state index in [9.17, 15) is 9.59 Å². The van der Waals surface area contributed by atoms with Gasteiger partial charge >= 0.3 is 6.03 Å². The highest BCUT2D eigenvalue weighted by Gasteiger charge is 2.16. The van der Waals surface area contributed by atoms with Gasteiger partial charge in [-0.1, -0.05) is 12.1 Å². The second-order valence-corrected chi connectivity index (χ2v) is 6.10. The molecule has 0 aliphatic carbocycles. The Bertz CT molecular complexity index is 770. The molecule has 0 unspecified atom stereocenters. The van der Waals surface area contributed by atoms with Crippen LogP contribution >= 0.6 is 0 Å². The van der Waals surface area contributed by atoms with Crippen molar-refractivity contribution in [3.63, 3.8) is 0 Å². The largest absolute Gasteiger partial charge is 0.326 e. The van der Waals surface area contributed by atoms with Crippen LogP contribution < -0.4 is 21.7 Å². The van der Waals surface area contributed by atoms with Crippen molar-refractivity contribution in [2.75, 3.05) is 36.8 Å². The Morgan fingerprint density at radius 2 is 1.73 bits per heavy atom. The van der Waals surface area contributed by atoms with Gasteiger partial charge in [0.25, 0.3) is 5.91 Å². The molecule has 1 saturated heterocycles. The Morgan fingerprint density at radius 3 is 2.42 bits per heavy atom. The lowest BCUT2D eigenvalue weighted by atomic mass is 10.1. The van der Waals surface area contributed by atoms with Gasteiger partial charge in [-0.3, -0.25) is 4.79 Å². The summed E-state index contributed by atoms with van der Waals surface area (Å²) >= 11 is 0. The average Bonchev–Trinajstić information content (AvgIpc) is 2.69. The summed E-state index contributed by atoms with van der Waals surface area (Å²) in [6, 6.07) is 14.1. The zero-order valence-electron chi connectivity index (χ0n) is 14.5. The lowest BCUT2D eigenvalue weighted by molar-refractivity contribution is 0.102. The minimum atomic E-state index is -0.209. The third kappa shape index (κ3) is 4.59. The minimum absolute atomic E-state index is 0.123. The van der Waals surface area contributed by atoms with Crippen molar-refractivity contribution in [3.8, 4) is 0 Å². The smallest absolute Gasteiger partial charge is 0.321 e. The lowest BCUT2D eigenvalue weighted by Gasteiger charge is -2.27. The Balaban J connectivity index is 1.59. The predicted molar refractivity (Wildman–Crippen MR) is 102 cm³/mol. The van der Waals surface area contributed by atoms with Crippen LogP contribution in [0.5, 0.6) is 0 Å². The Hall–Kier alpha value is -2.90. The third-order valence-corrected chi connectivity index (χ3v) is 4.22. The number of urea groups is 1. The summed E-state index contributed by atoms with van der Waals surface area (Å²) in [7, 11) is 0. The van der Waals surface area contributed by atoms with Gasteiger partial charge in [-0.15, -0.1) is 0 Å². The average molecular weight is 353 g/mol. The molecule has 1 aliphatic heterocycles. The van der Waals surface area contributed by atoms with E-state index >= 15 is 0 Å². The van der Waals surface area contributed by atoms with Gasteiger partial charge in [0.1, 0.15) is 0 Å². The molecule has 0 bridgehead atoms. The van der Waals surface area contributed by atoms with Crippen molar-refractivity contribution < 1.29 is 9.59 Å². The van der Waals surface area contributed by atoms with Crippen LogP contribution in [-0.2, 0) is 6.54 Å². The highest BCUT2D eigenvalue weighted by Crippen LogP contribution is 2.14. The summed E-state index contributed by atoms with van der Waals surface area (Å²) in [4.78, 5) is 26.3. The van der Waals surface area contributed by atoms with Crippen molar-refractivity contribution in [1.29, 1.82) is 0 Å². The first kappa shape index (κ1) is 17.9. The Labute approximate surface area is 152 Å². The molecule has 1 aliphatic rings. The van der Waals surface area contributed by atoms with Gasteiger partial charge in [0, 0.05) is 49.7 Å². The number of hydrogen-bond acceptors (Lipinski definition) is 4. The van der Waals surface area contributed by atoms with E-state index in [0.717, 1.165) is 18.7 Å². The molecule has 26 heavy (non-hydrogen) atoms. The van der Waals surface area contributed by atoms with E-state index in [0.29, 0.717) is 36.6 Å². The van der Waals surface area contributed by atoms with E-state index in [1.165, 1.54) is 0 Å². The molecule has 3 rings (SSSR count). The van der Waals surface area contributed by atoms with Gasteiger partial charge in [0.15, 0.2) is 0 Å². The molecule has 0 aromatic heterocycles. The normalized spacial score (nSPS) is 14.0.